The first-order valence-electron chi connectivity index (χ1n) is 7.88. The lowest BCUT2D eigenvalue weighted by atomic mass is 10.2. The number of rotatable bonds is 5. The minimum atomic E-state index is 0.257. The molecule has 1 N–H and O–H groups in total. The third kappa shape index (κ3) is 3.85. The van der Waals surface area contributed by atoms with Gasteiger partial charge in [-0.15, -0.1) is 0 Å². The van der Waals surface area contributed by atoms with Crippen LogP contribution in [0.25, 0.3) is 0 Å². The highest BCUT2D eigenvalue weighted by Crippen LogP contribution is 2.15. The summed E-state index contributed by atoms with van der Waals surface area (Å²) in [5.74, 6) is 0.257. The van der Waals surface area contributed by atoms with Gasteiger partial charge in [0.05, 0.1) is 0 Å². The smallest absolute Gasteiger partial charge is 0.242 e. The van der Waals surface area contributed by atoms with E-state index in [0.29, 0.717) is 6.54 Å². The van der Waals surface area contributed by atoms with E-state index in [1.807, 2.05) is 17.2 Å². The number of amides is 1. The zero-order valence-electron chi connectivity index (χ0n) is 12.8. The number of hydrogen-bond donors (Lipinski definition) is 1. The summed E-state index contributed by atoms with van der Waals surface area (Å²) in [6, 6.07) is 4.41. The number of aromatic nitrogens is 1. The van der Waals surface area contributed by atoms with Crippen molar-refractivity contribution in [1.82, 2.24) is 14.8 Å². The van der Waals surface area contributed by atoms with Gasteiger partial charge in [-0.2, -0.15) is 0 Å². The standard InChI is InChI=1S/C16H27N3O/c1-3-17-14(2)15-9-8-12-19(15)13-16(20)18-10-6-4-5-7-11-18/h8-9,12,14,17H,3-7,10-11,13H2,1-2H3. The van der Waals surface area contributed by atoms with Crippen molar-refractivity contribution in [3.63, 3.8) is 0 Å². The summed E-state index contributed by atoms with van der Waals surface area (Å²) >= 11 is 0. The average molecular weight is 277 g/mol. The number of hydrogen-bond acceptors (Lipinski definition) is 2. The van der Waals surface area contributed by atoms with E-state index in [-0.39, 0.29) is 11.9 Å². The quantitative estimate of drug-likeness (QED) is 0.898. The molecule has 4 heteroatoms. The minimum absolute atomic E-state index is 0.257. The van der Waals surface area contributed by atoms with Crippen LogP contribution in [-0.4, -0.2) is 35.0 Å². The van der Waals surface area contributed by atoms with Crippen LogP contribution in [0.2, 0.25) is 0 Å². The van der Waals surface area contributed by atoms with Crippen LogP contribution in [0, 0.1) is 0 Å². The summed E-state index contributed by atoms with van der Waals surface area (Å²) in [7, 11) is 0. The molecule has 1 aromatic heterocycles. The topological polar surface area (TPSA) is 37.3 Å². The zero-order chi connectivity index (χ0) is 14.4. The highest BCUT2D eigenvalue weighted by molar-refractivity contribution is 5.76. The number of likely N-dealkylation sites (tertiary alicyclic amines) is 1. The van der Waals surface area contributed by atoms with Crippen LogP contribution in [0.3, 0.4) is 0 Å². The third-order valence-corrected chi connectivity index (χ3v) is 4.08. The van der Waals surface area contributed by atoms with Crippen molar-refractivity contribution >= 4 is 5.91 Å². The van der Waals surface area contributed by atoms with Crippen molar-refractivity contribution in [3.8, 4) is 0 Å². The molecule has 0 aromatic carbocycles. The SMILES string of the molecule is CCNC(C)c1cccn1CC(=O)N1CCCCCC1. The maximum absolute atomic E-state index is 12.4. The van der Waals surface area contributed by atoms with Crippen LogP contribution in [0.1, 0.15) is 51.3 Å². The molecule has 1 unspecified atom stereocenters. The van der Waals surface area contributed by atoms with Crippen LogP contribution >= 0.6 is 0 Å². The first-order chi connectivity index (χ1) is 9.72. The molecule has 2 heterocycles. The summed E-state index contributed by atoms with van der Waals surface area (Å²) < 4.78 is 2.08. The second kappa shape index (κ2) is 7.48. The number of carbonyl (C=O) groups excluding carboxylic acids is 1. The van der Waals surface area contributed by atoms with E-state index in [2.05, 4.69) is 29.8 Å². The Bertz CT molecular complexity index is 419. The van der Waals surface area contributed by atoms with Gasteiger partial charge in [0, 0.05) is 31.0 Å². The van der Waals surface area contributed by atoms with Crippen molar-refractivity contribution in [2.24, 2.45) is 0 Å². The predicted molar refractivity (Wildman–Crippen MR) is 81.6 cm³/mol. The molecule has 1 saturated heterocycles. The highest BCUT2D eigenvalue weighted by atomic mass is 16.2. The molecule has 0 aliphatic carbocycles. The van der Waals surface area contributed by atoms with Crippen molar-refractivity contribution in [1.29, 1.82) is 0 Å². The molecule has 2 rings (SSSR count). The van der Waals surface area contributed by atoms with Gasteiger partial charge in [-0.05, 0) is 38.4 Å². The van der Waals surface area contributed by atoms with E-state index in [1.54, 1.807) is 0 Å². The van der Waals surface area contributed by atoms with Crippen molar-refractivity contribution in [3.05, 3.63) is 24.0 Å². The molecular formula is C16H27N3O. The highest BCUT2D eigenvalue weighted by Gasteiger charge is 2.17. The molecule has 1 atom stereocenters. The second-order valence-electron chi connectivity index (χ2n) is 5.64. The normalized spacial score (nSPS) is 17.8. The average Bonchev–Trinajstić information content (AvgIpc) is 2.72. The van der Waals surface area contributed by atoms with Gasteiger partial charge in [-0.1, -0.05) is 19.8 Å². The maximum Gasteiger partial charge on any atom is 0.242 e. The van der Waals surface area contributed by atoms with Gasteiger partial charge in [0.1, 0.15) is 6.54 Å². The van der Waals surface area contributed by atoms with Crippen molar-refractivity contribution in [2.75, 3.05) is 19.6 Å². The fourth-order valence-corrected chi connectivity index (χ4v) is 2.94. The van der Waals surface area contributed by atoms with E-state index in [9.17, 15) is 4.79 Å². The Morgan fingerprint density at radius 3 is 2.65 bits per heavy atom. The van der Waals surface area contributed by atoms with E-state index < -0.39 is 0 Å². The molecule has 0 spiro atoms. The molecule has 0 bridgehead atoms. The van der Waals surface area contributed by atoms with Crippen molar-refractivity contribution < 1.29 is 4.79 Å². The van der Waals surface area contributed by atoms with Gasteiger partial charge in [0.25, 0.3) is 0 Å². The molecule has 1 amide bonds. The molecular weight excluding hydrogens is 250 g/mol. The Labute approximate surface area is 122 Å². The van der Waals surface area contributed by atoms with Gasteiger partial charge in [0.2, 0.25) is 5.91 Å². The molecule has 1 fully saturated rings. The van der Waals surface area contributed by atoms with Crippen LogP contribution < -0.4 is 5.32 Å². The van der Waals surface area contributed by atoms with Gasteiger partial charge in [-0.25, -0.2) is 0 Å². The molecule has 20 heavy (non-hydrogen) atoms. The third-order valence-electron chi connectivity index (χ3n) is 4.08. The van der Waals surface area contributed by atoms with Gasteiger partial charge >= 0.3 is 0 Å². The Morgan fingerprint density at radius 1 is 1.30 bits per heavy atom. The summed E-state index contributed by atoms with van der Waals surface area (Å²) in [5.41, 5.74) is 1.19. The number of carbonyl (C=O) groups is 1. The number of nitrogens with one attached hydrogen (secondary N) is 1. The first kappa shape index (κ1) is 15.1. The van der Waals surface area contributed by atoms with Crippen LogP contribution in [-0.2, 0) is 11.3 Å². The van der Waals surface area contributed by atoms with Gasteiger partial charge < -0.3 is 14.8 Å². The Kier molecular flexibility index (Phi) is 5.65. The maximum atomic E-state index is 12.4. The van der Waals surface area contributed by atoms with E-state index in [4.69, 9.17) is 0 Å². The summed E-state index contributed by atoms with van der Waals surface area (Å²) in [4.78, 5) is 14.5. The second-order valence-corrected chi connectivity index (χ2v) is 5.64. The largest absolute Gasteiger partial charge is 0.341 e. The van der Waals surface area contributed by atoms with E-state index in [0.717, 1.165) is 32.5 Å². The summed E-state index contributed by atoms with van der Waals surface area (Å²) in [6.07, 6.45) is 6.83. The fraction of sp³-hybridized carbons (Fsp3) is 0.688. The molecule has 1 aromatic rings. The monoisotopic (exact) mass is 277 g/mol. The van der Waals surface area contributed by atoms with Crippen LogP contribution in [0.4, 0.5) is 0 Å². The molecule has 0 saturated carbocycles. The van der Waals surface area contributed by atoms with E-state index >= 15 is 0 Å². The first-order valence-corrected chi connectivity index (χ1v) is 7.88. The fourth-order valence-electron chi connectivity index (χ4n) is 2.94. The lowest BCUT2D eigenvalue weighted by Gasteiger charge is -2.22. The molecule has 1 aliphatic heterocycles. The zero-order valence-corrected chi connectivity index (χ0v) is 12.8. The predicted octanol–water partition coefficient (Wildman–Crippen LogP) is 2.56. The summed E-state index contributed by atoms with van der Waals surface area (Å²) in [5, 5.41) is 3.41. The van der Waals surface area contributed by atoms with Crippen LogP contribution in [0.15, 0.2) is 18.3 Å². The summed E-state index contributed by atoms with van der Waals surface area (Å²) in [6.45, 7) is 7.51. The van der Waals surface area contributed by atoms with Gasteiger partial charge in [-0.3, -0.25) is 4.79 Å². The Balaban J connectivity index is 1.98. The minimum Gasteiger partial charge on any atom is -0.341 e. The lowest BCUT2D eigenvalue weighted by molar-refractivity contribution is -0.131. The van der Waals surface area contributed by atoms with E-state index in [1.165, 1.54) is 18.5 Å². The molecule has 0 radical (unpaired) electrons. The van der Waals surface area contributed by atoms with Gasteiger partial charge in [0.15, 0.2) is 0 Å². The Hall–Kier alpha value is -1.29. The van der Waals surface area contributed by atoms with Crippen LogP contribution in [0.5, 0.6) is 0 Å². The van der Waals surface area contributed by atoms with Crippen molar-refractivity contribution in [2.45, 2.75) is 52.1 Å². The number of nitrogens with zero attached hydrogens (tertiary/aromatic N) is 2. The molecule has 4 nitrogen and oxygen atoms in total. The Morgan fingerprint density at radius 2 is 2.00 bits per heavy atom. The molecule has 112 valence electrons. The lowest BCUT2D eigenvalue weighted by Crippen LogP contribution is -2.35. The molecule has 1 aliphatic rings.